The lowest BCUT2D eigenvalue weighted by atomic mass is 9.83. The lowest BCUT2D eigenvalue weighted by Crippen LogP contribution is -2.44. The summed E-state index contributed by atoms with van der Waals surface area (Å²) in [5, 5.41) is 21.4. The van der Waals surface area contributed by atoms with Crippen LogP contribution >= 0.6 is 0 Å². The highest BCUT2D eigenvalue weighted by molar-refractivity contribution is 6.07. The number of nitrogens with zero attached hydrogens (tertiary/aromatic N) is 3. The smallest absolute Gasteiger partial charge is 0.264 e. The molecule has 0 spiro atoms. The third-order valence-electron chi connectivity index (χ3n) is 8.19. The van der Waals surface area contributed by atoms with E-state index in [2.05, 4.69) is 0 Å². The van der Waals surface area contributed by atoms with Gasteiger partial charge in [0.1, 0.15) is 0 Å². The fourth-order valence-electron chi connectivity index (χ4n) is 5.72. The van der Waals surface area contributed by atoms with Crippen molar-refractivity contribution in [3.05, 3.63) is 138 Å². The van der Waals surface area contributed by atoms with Crippen LogP contribution in [-0.4, -0.2) is 46.5 Å². The molecule has 0 saturated heterocycles. The fraction of sp³-hybridized carbons (Fsp3) is 0.216. The zero-order chi connectivity index (χ0) is 31.8. The van der Waals surface area contributed by atoms with E-state index in [1.807, 2.05) is 97.1 Å². The van der Waals surface area contributed by atoms with Crippen LogP contribution < -0.4 is 9.80 Å². The summed E-state index contributed by atoms with van der Waals surface area (Å²) in [5.41, 5.74) is 2.56. The highest BCUT2D eigenvalue weighted by Crippen LogP contribution is 2.45. The molecule has 0 aromatic heterocycles. The van der Waals surface area contributed by atoms with Crippen LogP contribution in [0.3, 0.4) is 0 Å². The Balaban J connectivity index is 1.30. The molecule has 0 saturated carbocycles. The van der Waals surface area contributed by atoms with Crippen molar-refractivity contribution in [2.75, 3.05) is 23.0 Å². The van der Waals surface area contributed by atoms with E-state index in [4.69, 9.17) is 0 Å². The molecule has 0 aliphatic carbocycles. The van der Waals surface area contributed by atoms with Crippen LogP contribution in [0, 0.1) is 5.92 Å². The van der Waals surface area contributed by atoms with Crippen molar-refractivity contribution in [2.45, 2.75) is 32.0 Å². The molecule has 0 fully saturated rings. The van der Waals surface area contributed by atoms with Crippen LogP contribution in [0.15, 0.2) is 121 Å². The Morgan fingerprint density at radius 1 is 0.867 bits per heavy atom. The van der Waals surface area contributed by atoms with Crippen LogP contribution in [-0.2, 0) is 33.1 Å². The number of amides is 3. The largest absolute Gasteiger partial charge is 0.395 e. The molecule has 1 aliphatic rings. The summed E-state index contributed by atoms with van der Waals surface area (Å²) in [5.74, 6) is -1.23. The average molecular weight is 604 g/mol. The minimum atomic E-state index is -1.81. The molecule has 0 radical (unpaired) electrons. The lowest BCUT2D eigenvalue weighted by molar-refractivity contribution is -0.139. The third-order valence-corrected chi connectivity index (χ3v) is 8.19. The van der Waals surface area contributed by atoms with Gasteiger partial charge in [-0.05, 0) is 41.5 Å². The summed E-state index contributed by atoms with van der Waals surface area (Å²) in [6, 6.07) is 33.5. The molecule has 5 rings (SSSR count). The predicted molar refractivity (Wildman–Crippen MR) is 174 cm³/mol. The molecular formula is C37H37N3O5. The van der Waals surface area contributed by atoms with Crippen LogP contribution in [0.2, 0.25) is 0 Å². The van der Waals surface area contributed by atoms with Gasteiger partial charge in [0.15, 0.2) is 5.60 Å². The van der Waals surface area contributed by atoms with Crippen molar-refractivity contribution in [1.29, 1.82) is 0 Å². The maximum Gasteiger partial charge on any atom is 0.264 e. The van der Waals surface area contributed by atoms with Gasteiger partial charge >= 0.3 is 0 Å². The highest BCUT2D eigenvalue weighted by atomic mass is 16.3. The van der Waals surface area contributed by atoms with Crippen molar-refractivity contribution < 1.29 is 24.6 Å². The Bertz CT molecular complexity index is 1640. The lowest BCUT2D eigenvalue weighted by Gasteiger charge is -2.28. The van der Waals surface area contributed by atoms with Crippen LogP contribution in [0.25, 0.3) is 0 Å². The van der Waals surface area contributed by atoms with Crippen LogP contribution in [0.4, 0.5) is 17.1 Å². The van der Waals surface area contributed by atoms with E-state index < -0.39 is 17.4 Å². The summed E-state index contributed by atoms with van der Waals surface area (Å²) in [7, 11) is 0. The quantitative estimate of drug-likeness (QED) is 0.159. The van der Waals surface area contributed by atoms with E-state index in [1.54, 1.807) is 45.9 Å². The molecule has 8 nitrogen and oxygen atoms in total. The molecule has 45 heavy (non-hydrogen) atoms. The molecule has 230 valence electrons. The Labute approximate surface area is 263 Å². The predicted octanol–water partition coefficient (Wildman–Crippen LogP) is 5.32. The molecule has 2 N–H and O–H groups in total. The average Bonchev–Trinajstić information content (AvgIpc) is 3.29. The zero-order valence-electron chi connectivity index (χ0n) is 25.2. The van der Waals surface area contributed by atoms with Crippen LogP contribution in [0.1, 0.15) is 30.0 Å². The first-order valence-corrected chi connectivity index (χ1v) is 15.0. The summed E-state index contributed by atoms with van der Waals surface area (Å²) in [6.07, 6.45) is 4.23. The standard InChI is InChI=1S/C37H37N3O5/c1-28(11-10-18-35(43)38(23-24-41)25-29-12-4-2-5-13-29)37(45)33-16-8-9-17-34(33)39(36(37)44)26-30-19-21-32(22-20-30)40(27-42)31-14-6-3-7-15-31/h2-17,19-22,27-28,41,45H,18,23-26H2,1H3/b11-10+/t28-,37+/m1/s1. The second-order valence-corrected chi connectivity index (χ2v) is 11.1. The van der Waals surface area contributed by atoms with E-state index >= 15 is 0 Å². The van der Waals surface area contributed by atoms with E-state index in [-0.39, 0.29) is 32.0 Å². The molecular weight excluding hydrogens is 566 g/mol. The number of carbonyl (C=O) groups is 3. The molecule has 2 atom stereocenters. The number of anilines is 3. The molecule has 4 aromatic carbocycles. The minimum Gasteiger partial charge on any atom is -0.395 e. The molecule has 0 bridgehead atoms. The van der Waals surface area contributed by atoms with Gasteiger partial charge in [-0.15, -0.1) is 0 Å². The van der Waals surface area contributed by atoms with Gasteiger partial charge in [0.2, 0.25) is 12.3 Å². The monoisotopic (exact) mass is 603 g/mol. The minimum absolute atomic E-state index is 0.0694. The van der Waals surface area contributed by atoms with Crippen molar-refractivity contribution in [3.8, 4) is 0 Å². The van der Waals surface area contributed by atoms with E-state index in [1.165, 1.54) is 0 Å². The van der Waals surface area contributed by atoms with Crippen molar-refractivity contribution >= 4 is 35.3 Å². The van der Waals surface area contributed by atoms with E-state index in [9.17, 15) is 24.6 Å². The van der Waals surface area contributed by atoms with Gasteiger partial charge in [0.05, 0.1) is 18.8 Å². The van der Waals surface area contributed by atoms with Gasteiger partial charge in [-0.25, -0.2) is 0 Å². The number of carbonyl (C=O) groups excluding carboxylic acids is 3. The number of para-hydroxylation sites is 2. The molecule has 0 unspecified atom stereocenters. The third kappa shape index (κ3) is 6.72. The number of hydrogen-bond acceptors (Lipinski definition) is 5. The van der Waals surface area contributed by atoms with Gasteiger partial charge in [0, 0.05) is 42.4 Å². The fourth-order valence-corrected chi connectivity index (χ4v) is 5.72. The number of hydrogen-bond donors (Lipinski definition) is 2. The van der Waals surface area contributed by atoms with E-state index in [0.717, 1.165) is 23.2 Å². The second kappa shape index (κ2) is 14.2. The first-order valence-electron chi connectivity index (χ1n) is 15.0. The molecule has 1 aliphatic heterocycles. The Hall–Kier alpha value is -5.05. The van der Waals surface area contributed by atoms with Gasteiger partial charge in [0.25, 0.3) is 5.91 Å². The number of rotatable bonds is 13. The van der Waals surface area contributed by atoms with Crippen molar-refractivity contribution in [2.24, 2.45) is 5.92 Å². The number of benzene rings is 4. The van der Waals surface area contributed by atoms with Gasteiger partial charge in [-0.3, -0.25) is 19.3 Å². The Kier molecular flexibility index (Phi) is 9.87. The topological polar surface area (TPSA) is 101 Å². The Morgan fingerprint density at radius 3 is 2.16 bits per heavy atom. The number of fused-ring (bicyclic) bond motifs is 1. The normalized spacial score (nSPS) is 16.4. The van der Waals surface area contributed by atoms with Crippen molar-refractivity contribution in [1.82, 2.24) is 4.90 Å². The summed E-state index contributed by atoms with van der Waals surface area (Å²) >= 11 is 0. The molecule has 1 heterocycles. The molecule has 8 heteroatoms. The molecule has 3 amide bonds. The number of aliphatic hydroxyl groups is 2. The van der Waals surface area contributed by atoms with Gasteiger partial charge < -0.3 is 20.0 Å². The summed E-state index contributed by atoms with van der Waals surface area (Å²) in [4.78, 5) is 43.5. The first kappa shape index (κ1) is 31.4. The van der Waals surface area contributed by atoms with E-state index in [0.29, 0.717) is 23.5 Å². The first-order chi connectivity index (χ1) is 21.9. The zero-order valence-corrected chi connectivity index (χ0v) is 25.2. The summed E-state index contributed by atoms with van der Waals surface area (Å²) in [6.45, 7) is 2.44. The number of aliphatic hydroxyl groups excluding tert-OH is 1. The SMILES string of the molecule is C[C@H](/C=C/CC(=O)N(CCO)Cc1ccccc1)[C@@]1(O)C(=O)N(Cc2ccc(N(C=O)c3ccccc3)cc2)c2ccccc21. The highest BCUT2D eigenvalue weighted by Gasteiger charge is 2.52. The van der Waals surface area contributed by atoms with Gasteiger partial charge in [-0.2, -0.15) is 0 Å². The Morgan fingerprint density at radius 2 is 1.49 bits per heavy atom. The van der Waals surface area contributed by atoms with Crippen molar-refractivity contribution in [3.63, 3.8) is 0 Å². The maximum absolute atomic E-state index is 13.9. The van der Waals surface area contributed by atoms with Crippen LogP contribution in [0.5, 0.6) is 0 Å². The second-order valence-electron chi connectivity index (χ2n) is 11.1. The van der Waals surface area contributed by atoms with Gasteiger partial charge in [-0.1, -0.05) is 97.9 Å². The molecule has 4 aromatic rings. The summed E-state index contributed by atoms with van der Waals surface area (Å²) < 4.78 is 0. The maximum atomic E-state index is 13.9.